The summed E-state index contributed by atoms with van der Waals surface area (Å²) in [5.74, 6) is 0.345. The first kappa shape index (κ1) is 14.2. The van der Waals surface area contributed by atoms with Gasteiger partial charge in [0.15, 0.2) is 8.32 Å². The zero-order chi connectivity index (χ0) is 12.6. The van der Waals surface area contributed by atoms with Crippen LogP contribution < -0.4 is 0 Å². The van der Waals surface area contributed by atoms with Crippen molar-refractivity contribution >= 4 is 8.32 Å². The van der Waals surface area contributed by atoms with Crippen LogP contribution in [0.15, 0.2) is 0 Å². The lowest BCUT2D eigenvalue weighted by Gasteiger charge is -2.43. The van der Waals surface area contributed by atoms with Crippen molar-refractivity contribution in [1.29, 1.82) is 0 Å². The molecule has 3 atom stereocenters. The summed E-state index contributed by atoms with van der Waals surface area (Å²) in [6, 6.07) is 0. The maximum absolute atomic E-state index is 9.72. The van der Waals surface area contributed by atoms with Crippen LogP contribution in [0.5, 0.6) is 0 Å². The highest BCUT2D eigenvalue weighted by molar-refractivity contribution is 6.69. The minimum absolute atomic E-state index is 0.189. The number of hydrogen-bond acceptors (Lipinski definition) is 3. The monoisotopic (exact) mass is 246 g/mol. The van der Waals surface area contributed by atoms with E-state index in [1.807, 2.05) is 0 Å². The molecule has 1 aliphatic rings. The Morgan fingerprint density at radius 3 is 2.06 bits per heavy atom. The van der Waals surface area contributed by atoms with Crippen molar-refractivity contribution in [2.24, 2.45) is 5.92 Å². The van der Waals surface area contributed by atoms with Crippen molar-refractivity contribution in [1.82, 2.24) is 0 Å². The van der Waals surface area contributed by atoms with Crippen LogP contribution >= 0.6 is 0 Å². The molecule has 1 aliphatic carbocycles. The van der Waals surface area contributed by atoms with Crippen LogP contribution in [-0.4, -0.2) is 36.3 Å². The average molecular weight is 246 g/mol. The second-order valence-electron chi connectivity index (χ2n) is 6.46. The quantitative estimate of drug-likeness (QED) is 0.750. The fourth-order valence-electron chi connectivity index (χ4n) is 2.63. The van der Waals surface area contributed by atoms with Crippen molar-refractivity contribution in [2.45, 2.75) is 70.6 Å². The summed E-state index contributed by atoms with van der Waals surface area (Å²) in [6.07, 6.45) is 1.15. The number of aliphatic hydroxyl groups is 2. The predicted octanol–water partition coefficient (Wildman–Crippen LogP) is 2.14. The molecule has 0 radical (unpaired) electrons. The lowest BCUT2D eigenvalue weighted by molar-refractivity contribution is -0.0693. The largest absolute Gasteiger partial charge is 0.412 e. The van der Waals surface area contributed by atoms with Crippen LogP contribution in [0.1, 0.15) is 33.1 Å². The Kier molecular flexibility index (Phi) is 4.22. The van der Waals surface area contributed by atoms with E-state index in [4.69, 9.17) is 4.43 Å². The van der Waals surface area contributed by atoms with Gasteiger partial charge >= 0.3 is 0 Å². The molecule has 0 bridgehead atoms. The van der Waals surface area contributed by atoms with Crippen LogP contribution in [0, 0.1) is 5.92 Å². The molecule has 0 unspecified atom stereocenters. The Morgan fingerprint density at radius 1 is 1.06 bits per heavy atom. The molecule has 16 heavy (non-hydrogen) atoms. The second kappa shape index (κ2) is 4.76. The molecule has 0 aromatic carbocycles. The Bertz CT molecular complexity index is 235. The van der Waals surface area contributed by atoms with Crippen molar-refractivity contribution in [3.8, 4) is 0 Å². The van der Waals surface area contributed by atoms with Gasteiger partial charge in [-0.1, -0.05) is 0 Å². The van der Waals surface area contributed by atoms with E-state index in [1.54, 1.807) is 0 Å². The molecule has 0 spiro atoms. The van der Waals surface area contributed by atoms with Gasteiger partial charge in [-0.05, 0) is 58.7 Å². The molecule has 0 aromatic rings. The average Bonchev–Trinajstić information content (AvgIpc) is 2.05. The summed E-state index contributed by atoms with van der Waals surface area (Å²) in [6.45, 7) is 10.8. The van der Waals surface area contributed by atoms with E-state index >= 15 is 0 Å². The number of hydrogen-bond donors (Lipinski definition) is 2. The van der Waals surface area contributed by atoms with Crippen LogP contribution in [-0.2, 0) is 4.43 Å². The summed E-state index contributed by atoms with van der Waals surface area (Å²) in [5.41, 5.74) is -0.189. The molecular weight excluding hydrogens is 220 g/mol. The zero-order valence-corrected chi connectivity index (χ0v) is 12.2. The van der Waals surface area contributed by atoms with Gasteiger partial charge in [0.2, 0.25) is 0 Å². The Hall–Kier alpha value is 0.0969. The highest BCUT2D eigenvalue weighted by Crippen LogP contribution is 2.36. The SMILES string of the molecule is CC(C)(O[Si](C)(C)C)[C@@H]1CC[C@@H](O)[C@H](O)C1. The number of rotatable bonds is 3. The zero-order valence-electron chi connectivity index (χ0n) is 11.2. The second-order valence-corrected chi connectivity index (χ2v) is 10.9. The van der Waals surface area contributed by atoms with Gasteiger partial charge in [-0.15, -0.1) is 0 Å². The van der Waals surface area contributed by atoms with E-state index in [0.717, 1.165) is 6.42 Å². The third-order valence-corrected chi connectivity index (χ3v) is 4.47. The van der Waals surface area contributed by atoms with Gasteiger partial charge in [0.25, 0.3) is 0 Å². The third-order valence-electron chi connectivity index (χ3n) is 3.33. The summed E-state index contributed by atoms with van der Waals surface area (Å²) < 4.78 is 6.19. The molecule has 0 amide bonds. The van der Waals surface area contributed by atoms with Crippen molar-refractivity contribution in [3.63, 3.8) is 0 Å². The van der Waals surface area contributed by atoms with E-state index in [9.17, 15) is 10.2 Å². The first-order valence-electron chi connectivity index (χ1n) is 6.18. The van der Waals surface area contributed by atoms with Gasteiger partial charge in [-0.3, -0.25) is 0 Å². The minimum atomic E-state index is -1.56. The van der Waals surface area contributed by atoms with Crippen LogP contribution in [0.25, 0.3) is 0 Å². The fourth-order valence-corrected chi connectivity index (χ4v) is 4.38. The molecule has 96 valence electrons. The van der Waals surface area contributed by atoms with E-state index in [2.05, 4.69) is 33.5 Å². The lowest BCUT2D eigenvalue weighted by atomic mass is 9.76. The standard InChI is InChI=1S/C12H26O3Si/c1-12(2,15-16(3,4)5)9-6-7-10(13)11(14)8-9/h9-11,13-14H,6-8H2,1-5H3/t9-,10-,11-/m1/s1. The minimum Gasteiger partial charge on any atom is -0.412 e. The molecule has 0 saturated heterocycles. The van der Waals surface area contributed by atoms with Crippen molar-refractivity contribution in [2.75, 3.05) is 0 Å². The third kappa shape index (κ3) is 3.84. The molecule has 0 aromatic heterocycles. The molecular formula is C12H26O3Si. The van der Waals surface area contributed by atoms with Crippen LogP contribution in [0.4, 0.5) is 0 Å². The van der Waals surface area contributed by atoms with E-state index < -0.39 is 20.5 Å². The van der Waals surface area contributed by atoms with Crippen LogP contribution in [0.3, 0.4) is 0 Å². The Balaban J connectivity index is 2.62. The summed E-state index contributed by atoms with van der Waals surface area (Å²) >= 11 is 0. The summed E-state index contributed by atoms with van der Waals surface area (Å²) in [5, 5.41) is 19.2. The molecule has 1 fully saturated rings. The van der Waals surface area contributed by atoms with Crippen LogP contribution in [0.2, 0.25) is 19.6 Å². The smallest absolute Gasteiger partial charge is 0.184 e. The van der Waals surface area contributed by atoms with E-state index in [-0.39, 0.29) is 5.60 Å². The normalized spacial score (nSPS) is 32.8. The van der Waals surface area contributed by atoms with Gasteiger partial charge in [-0.25, -0.2) is 0 Å². The maximum Gasteiger partial charge on any atom is 0.184 e. The lowest BCUT2D eigenvalue weighted by Crippen LogP contribution is -2.48. The molecule has 1 saturated carbocycles. The summed E-state index contributed by atoms with van der Waals surface area (Å²) in [7, 11) is -1.56. The number of aliphatic hydroxyl groups excluding tert-OH is 2. The van der Waals surface area contributed by atoms with Gasteiger partial charge in [0.05, 0.1) is 17.8 Å². The Labute approximate surface area is 100.0 Å². The van der Waals surface area contributed by atoms with Gasteiger partial charge in [0.1, 0.15) is 0 Å². The molecule has 2 N–H and O–H groups in total. The molecule has 3 nitrogen and oxygen atoms in total. The first-order valence-corrected chi connectivity index (χ1v) is 9.59. The first-order chi connectivity index (χ1) is 7.12. The topological polar surface area (TPSA) is 49.7 Å². The van der Waals surface area contributed by atoms with Gasteiger partial charge in [-0.2, -0.15) is 0 Å². The van der Waals surface area contributed by atoms with Gasteiger partial charge in [0, 0.05) is 0 Å². The van der Waals surface area contributed by atoms with Gasteiger partial charge < -0.3 is 14.6 Å². The van der Waals surface area contributed by atoms with E-state index in [1.165, 1.54) is 0 Å². The predicted molar refractivity (Wildman–Crippen MR) is 67.9 cm³/mol. The Morgan fingerprint density at radius 2 is 1.62 bits per heavy atom. The fraction of sp³-hybridized carbons (Fsp3) is 1.00. The maximum atomic E-state index is 9.72. The highest BCUT2D eigenvalue weighted by atomic mass is 28.4. The van der Waals surface area contributed by atoms with Crippen molar-refractivity contribution < 1.29 is 14.6 Å². The molecule has 4 heteroatoms. The molecule has 0 aliphatic heterocycles. The van der Waals surface area contributed by atoms with Crippen molar-refractivity contribution in [3.05, 3.63) is 0 Å². The van der Waals surface area contributed by atoms with E-state index in [0.29, 0.717) is 18.8 Å². The highest BCUT2D eigenvalue weighted by Gasteiger charge is 2.39. The summed E-state index contributed by atoms with van der Waals surface area (Å²) in [4.78, 5) is 0. The molecule has 0 heterocycles. The molecule has 1 rings (SSSR count).